The minimum absolute atomic E-state index is 0.0761. The van der Waals surface area contributed by atoms with Crippen LogP contribution in [0.1, 0.15) is 22.3 Å². The molecule has 0 spiro atoms. The second-order valence-corrected chi connectivity index (χ2v) is 3.78. The van der Waals surface area contributed by atoms with Gasteiger partial charge in [0, 0.05) is 25.8 Å². The van der Waals surface area contributed by atoms with Gasteiger partial charge in [-0.3, -0.25) is 10.6 Å². The minimum Gasteiger partial charge on any atom is -0.385 e. The first-order valence-corrected chi connectivity index (χ1v) is 5.53. The van der Waals surface area contributed by atoms with Crippen LogP contribution in [0.25, 0.3) is 0 Å². The van der Waals surface area contributed by atoms with Gasteiger partial charge in [-0.2, -0.15) is 0 Å². The number of carbonyl (C=O) groups excluding carboxylic acids is 1. The number of nitrogens with two attached hydrogens (primary N) is 1. The summed E-state index contributed by atoms with van der Waals surface area (Å²) in [5.74, 6) is 5.25. The molecule has 1 rings (SSSR count). The molecule has 94 valence electrons. The van der Waals surface area contributed by atoms with E-state index in [0.29, 0.717) is 18.7 Å². The highest BCUT2D eigenvalue weighted by atomic mass is 16.5. The third-order valence-electron chi connectivity index (χ3n) is 2.45. The van der Waals surface area contributed by atoms with Crippen molar-refractivity contribution in [2.45, 2.75) is 13.3 Å². The number of rotatable bonds is 6. The summed E-state index contributed by atoms with van der Waals surface area (Å²) >= 11 is 0. The van der Waals surface area contributed by atoms with Gasteiger partial charge in [-0.05, 0) is 37.1 Å². The zero-order chi connectivity index (χ0) is 12.7. The number of benzene rings is 1. The van der Waals surface area contributed by atoms with Crippen LogP contribution in [0.3, 0.4) is 0 Å². The average molecular weight is 237 g/mol. The molecule has 0 saturated heterocycles. The van der Waals surface area contributed by atoms with E-state index in [4.69, 9.17) is 10.6 Å². The van der Waals surface area contributed by atoms with Crippen molar-refractivity contribution in [3.63, 3.8) is 0 Å². The first-order valence-electron chi connectivity index (χ1n) is 5.53. The Morgan fingerprint density at radius 2 is 2.24 bits per heavy atom. The molecule has 0 heterocycles. The largest absolute Gasteiger partial charge is 0.385 e. The lowest BCUT2D eigenvalue weighted by molar-refractivity contribution is 0.0948. The Hall–Kier alpha value is -1.59. The molecule has 5 heteroatoms. The molecule has 0 aliphatic rings. The number of amides is 1. The van der Waals surface area contributed by atoms with Crippen molar-refractivity contribution in [2.75, 3.05) is 25.7 Å². The number of aryl methyl sites for hydroxylation is 1. The number of anilines is 1. The maximum absolute atomic E-state index is 11.8. The molecule has 0 unspecified atom stereocenters. The Bertz CT molecular complexity index is 380. The van der Waals surface area contributed by atoms with E-state index in [1.807, 2.05) is 6.92 Å². The maximum Gasteiger partial charge on any atom is 0.251 e. The number of methoxy groups -OCH3 is 1. The fraction of sp³-hybridized carbons (Fsp3) is 0.417. The lowest BCUT2D eigenvalue weighted by Gasteiger charge is -2.08. The van der Waals surface area contributed by atoms with Crippen LogP contribution in [0, 0.1) is 6.92 Å². The number of nitrogens with one attached hydrogen (secondary N) is 2. The number of ether oxygens (including phenoxy) is 1. The first-order chi connectivity index (χ1) is 8.19. The van der Waals surface area contributed by atoms with Gasteiger partial charge in [-0.25, -0.2) is 0 Å². The standard InChI is InChI=1S/C12H19N3O2/c1-9-8-10(4-5-11(9)15-13)12(16)14-6-3-7-17-2/h4-5,8,15H,3,6-7,13H2,1-2H3,(H,14,16). The molecule has 1 amide bonds. The molecule has 0 aliphatic heterocycles. The molecular formula is C12H19N3O2. The Morgan fingerprint density at radius 3 is 2.82 bits per heavy atom. The van der Waals surface area contributed by atoms with E-state index < -0.39 is 0 Å². The van der Waals surface area contributed by atoms with Gasteiger partial charge < -0.3 is 15.5 Å². The lowest BCUT2D eigenvalue weighted by Crippen LogP contribution is -2.25. The molecule has 0 saturated carbocycles. The predicted molar refractivity (Wildman–Crippen MR) is 67.8 cm³/mol. The van der Waals surface area contributed by atoms with E-state index in [-0.39, 0.29) is 5.91 Å². The van der Waals surface area contributed by atoms with Crippen molar-refractivity contribution < 1.29 is 9.53 Å². The van der Waals surface area contributed by atoms with Crippen LogP contribution in [-0.4, -0.2) is 26.2 Å². The fourth-order valence-electron chi connectivity index (χ4n) is 1.49. The molecular weight excluding hydrogens is 218 g/mol. The van der Waals surface area contributed by atoms with E-state index >= 15 is 0 Å². The minimum atomic E-state index is -0.0761. The third kappa shape index (κ3) is 4.05. The number of carbonyl (C=O) groups is 1. The summed E-state index contributed by atoms with van der Waals surface area (Å²) in [6, 6.07) is 5.34. The van der Waals surface area contributed by atoms with Crippen LogP contribution in [0.5, 0.6) is 0 Å². The van der Waals surface area contributed by atoms with Gasteiger partial charge in [0.05, 0.1) is 5.69 Å². The summed E-state index contributed by atoms with van der Waals surface area (Å²) in [6.45, 7) is 3.16. The van der Waals surface area contributed by atoms with Gasteiger partial charge in [0.2, 0.25) is 0 Å². The Morgan fingerprint density at radius 1 is 1.47 bits per heavy atom. The predicted octanol–water partition coefficient (Wildman–Crippen LogP) is 1.05. The quantitative estimate of drug-likeness (QED) is 0.392. The van der Waals surface area contributed by atoms with Gasteiger partial charge in [0.15, 0.2) is 0 Å². The number of hydrazine groups is 1. The normalized spacial score (nSPS) is 10.1. The molecule has 0 radical (unpaired) electrons. The highest BCUT2D eigenvalue weighted by molar-refractivity contribution is 5.94. The lowest BCUT2D eigenvalue weighted by atomic mass is 10.1. The van der Waals surface area contributed by atoms with Gasteiger partial charge in [-0.15, -0.1) is 0 Å². The number of hydrogen-bond acceptors (Lipinski definition) is 4. The summed E-state index contributed by atoms with van der Waals surface area (Å²) in [5.41, 5.74) is 4.97. The maximum atomic E-state index is 11.8. The molecule has 1 aromatic rings. The van der Waals surface area contributed by atoms with E-state index in [1.165, 1.54) is 0 Å². The topological polar surface area (TPSA) is 76.4 Å². The van der Waals surface area contributed by atoms with Gasteiger partial charge in [0.25, 0.3) is 5.91 Å². The van der Waals surface area contributed by atoms with Crippen molar-refractivity contribution in [1.82, 2.24) is 5.32 Å². The second kappa shape index (κ2) is 6.88. The van der Waals surface area contributed by atoms with Crippen molar-refractivity contribution >= 4 is 11.6 Å². The van der Waals surface area contributed by atoms with E-state index in [1.54, 1.807) is 25.3 Å². The van der Waals surface area contributed by atoms with Crippen molar-refractivity contribution in [1.29, 1.82) is 0 Å². The summed E-state index contributed by atoms with van der Waals surface area (Å²) < 4.78 is 4.91. The molecule has 17 heavy (non-hydrogen) atoms. The van der Waals surface area contributed by atoms with Crippen LogP contribution < -0.4 is 16.6 Å². The first kappa shape index (κ1) is 13.5. The number of nitrogen functional groups attached to an aromatic ring is 1. The summed E-state index contributed by atoms with van der Waals surface area (Å²) in [5, 5.41) is 2.83. The molecule has 0 fully saturated rings. The van der Waals surface area contributed by atoms with E-state index in [2.05, 4.69) is 10.7 Å². The Labute approximate surface area is 101 Å². The molecule has 0 aliphatic carbocycles. The second-order valence-electron chi connectivity index (χ2n) is 3.78. The average Bonchev–Trinajstić information content (AvgIpc) is 2.34. The van der Waals surface area contributed by atoms with Crippen LogP contribution in [-0.2, 0) is 4.74 Å². The van der Waals surface area contributed by atoms with Crippen molar-refractivity contribution in [3.05, 3.63) is 29.3 Å². The van der Waals surface area contributed by atoms with Gasteiger partial charge >= 0.3 is 0 Å². The highest BCUT2D eigenvalue weighted by Crippen LogP contribution is 2.14. The summed E-state index contributed by atoms with van der Waals surface area (Å²) in [6.07, 6.45) is 0.809. The van der Waals surface area contributed by atoms with E-state index in [0.717, 1.165) is 17.7 Å². The van der Waals surface area contributed by atoms with Crippen LogP contribution >= 0.6 is 0 Å². The molecule has 0 aromatic heterocycles. The highest BCUT2D eigenvalue weighted by Gasteiger charge is 2.06. The number of hydrogen-bond donors (Lipinski definition) is 3. The SMILES string of the molecule is COCCCNC(=O)c1ccc(NN)c(C)c1. The zero-order valence-electron chi connectivity index (χ0n) is 10.2. The molecule has 4 N–H and O–H groups in total. The van der Waals surface area contributed by atoms with Crippen LogP contribution in [0.2, 0.25) is 0 Å². The zero-order valence-corrected chi connectivity index (χ0v) is 10.2. The molecule has 0 atom stereocenters. The summed E-state index contributed by atoms with van der Waals surface area (Å²) in [4.78, 5) is 11.8. The Balaban J connectivity index is 2.54. The Kier molecular flexibility index (Phi) is 5.45. The van der Waals surface area contributed by atoms with E-state index in [9.17, 15) is 4.79 Å². The smallest absolute Gasteiger partial charge is 0.251 e. The van der Waals surface area contributed by atoms with Crippen molar-refractivity contribution in [2.24, 2.45) is 5.84 Å². The third-order valence-corrected chi connectivity index (χ3v) is 2.45. The van der Waals surface area contributed by atoms with Crippen LogP contribution in [0.15, 0.2) is 18.2 Å². The van der Waals surface area contributed by atoms with Gasteiger partial charge in [-0.1, -0.05) is 0 Å². The molecule has 1 aromatic carbocycles. The summed E-state index contributed by atoms with van der Waals surface area (Å²) in [7, 11) is 1.64. The monoisotopic (exact) mass is 237 g/mol. The fourth-order valence-corrected chi connectivity index (χ4v) is 1.49. The van der Waals surface area contributed by atoms with Gasteiger partial charge in [0.1, 0.15) is 0 Å². The van der Waals surface area contributed by atoms with Crippen molar-refractivity contribution in [3.8, 4) is 0 Å². The van der Waals surface area contributed by atoms with Crippen LogP contribution in [0.4, 0.5) is 5.69 Å². The molecule has 0 bridgehead atoms. The molecule has 5 nitrogen and oxygen atoms in total.